The molecule has 1 amide bonds. The Morgan fingerprint density at radius 1 is 1.14 bits per heavy atom. The molecule has 1 aliphatic carbocycles. The highest BCUT2D eigenvalue weighted by Gasteiger charge is 2.37. The molecule has 0 bridgehead atoms. The third-order valence-corrected chi connectivity index (χ3v) is 7.43. The van der Waals surface area contributed by atoms with Crippen molar-refractivity contribution in [1.82, 2.24) is 4.98 Å². The van der Waals surface area contributed by atoms with Crippen molar-refractivity contribution in [3.63, 3.8) is 0 Å². The van der Waals surface area contributed by atoms with Crippen molar-refractivity contribution in [2.45, 2.75) is 63.6 Å². The Balaban J connectivity index is 2.01. The van der Waals surface area contributed by atoms with E-state index in [1.54, 1.807) is 13.8 Å². The van der Waals surface area contributed by atoms with Crippen LogP contribution in [-0.4, -0.2) is 42.7 Å². The molecule has 8 nitrogen and oxygen atoms in total. The molecular weight excluding hydrogens is 513 g/mol. The first kappa shape index (κ1) is 28.4. The summed E-state index contributed by atoms with van der Waals surface area (Å²) >= 11 is 0. The molecule has 12 heteroatoms. The molecule has 202 valence electrons. The first-order chi connectivity index (χ1) is 17.1. The van der Waals surface area contributed by atoms with Crippen LogP contribution < -0.4 is 9.64 Å². The summed E-state index contributed by atoms with van der Waals surface area (Å²) in [5.74, 6) is -2.53. The van der Waals surface area contributed by atoms with Crippen LogP contribution in [0.25, 0.3) is 0 Å². The number of carbonyl (C=O) groups is 2. The Morgan fingerprint density at radius 3 is 2.27 bits per heavy atom. The lowest BCUT2D eigenvalue weighted by Gasteiger charge is -2.34. The van der Waals surface area contributed by atoms with Crippen LogP contribution in [0.1, 0.15) is 62.4 Å². The average molecular weight is 543 g/mol. The summed E-state index contributed by atoms with van der Waals surface area (Å²) in [6.07, 6.45) is -0.322. The standard InChI is InChI=1S/C25H29F3N2O6S/c1-14(2)30(23(31)16-7-5-15(3)6-8-16)21-10-9-17(11-19(21)24(32)33)36-22-20(25(26,27)28)12-18(13-29-22)37(4,34)35/h9-16H,5-8H2,1-4H3,(H,32,33)/t15-,16-. The van der Waals surface area contributed by atoms with E-state index in [0.717, 1.165) is 31.4 Å². The number of sulfone groups is 1. The Morgan fingerprint density at radius 2 is 1.76 bits per heavy atom. The smallest absolute Gasteiger partial charge is 0.421 e. The fourth-order valence-corrected chi connectivity index (χ4v) is 4.92. The van der Waals surface area contributed by atoms with Gasteiger partial charge in [0.25, 0.3) is 0 Å². The van der Waals surface area contributed by atoms with Gasteiger partial charge in [0.2, 0.25) is 11.8 Å². The van der Waals surface area contributed by atoms with Gasteiger partial charge in [-0.25, -0.2) is 18.2 Å². The minimum absolute atomic E-state index is 0.106. The van der Waals surface area contributed by atoms with Crippen LogP contribution >= 0.6 is 0 Å². The zero-order valence-electron chi connectivity index (χ0n) is 20.9. The molecule has 0 saturated heterocycles. The predicted octanol–water partition coefficient (Wildman–Crippen LogP) is 5.56. The van der Waals surface area contributed by atoms with E-state index in [1.165, 1.54) is 17.0 Å². The summed E-state index contributed by atoms with van der Waals surface area (Å²) in [5.41, 5.74) is -1.65. The zero-order chi connectivity index (χ0) is 27.7. The molecule has 0 spiro atoms. The molecule has 1 aromatic heterocycles. The fraction of sp³-hybridized carbons (Fsp3) is 0.480. The first-order valence-corrected chi connectivity index (χ1v) is 13.6. The second-order valence-electron chi connectivity index (χ2n) is 9.64. The third kappa shape index (κ3) is 6.60. The first-order valence-electron chi connectivity index (χ1n) is 11.7. The van der Waals surface area contributed by atoms with Crippen LogP contribution in [0.3, 0.4) is 0 Å². The Kier molecular flexibility index (Phi) is 8.21. The minimum atomic E-state index is -4.99. The van der Waals surface area contributed by atoms with Crippen LogP contribution in [0.2, 0.25) is 0 Å². The minimum Gasteiger partial charge on any atom is -0.478 e. The quantitative estimate of drug-likeness (QED) is 0.487. The van der Waals surface area contributed by atoms with E-state index in [4.69, 9.17) is 4.74 Å². The van der Waals surface area contributed by atoms with Gasteiger partial charge in [-0.15, -0.1) is 0 Å². The van der Waals surface area contributed by atoms with E-state index >= 15 is 0 Å². The lowest BCUT2D eigenvalue weighted by Crippen LogP contribution is -2.42. The summed E-state index contributed by atoms with van der Waals surface area (Å²) < 4.78 is 69.5. The molecule has 0 unspecified atom stereocenters. The molecule has 1 N–H and O–H groups in total. The van der Waals surface area contributed by atoms with Crippen molar-refractivity contribution >= 4 is 27.4 Å². The number of carbonyl (C=O) groups excluding carboxylic acids is 1. The van der Waals surface area contributed by atoms with Gasteiger partial charge in [-0.3, -0.25) is 4.79 Å². The van der Waals surface area contributed by atoms with Crippen molar-refractivity contribution in [3.8, 4) is 11.6 Å². The number of anilines is 1. The SMILES string of the molecule is CC(C)N(c1ccc(Oc2ncc(S(C)(=O)=O)cc2C(F)(F)F)cc1C(=O)O)C(=O)[C@H]1CC[C@H](C)CC1. The average Bonchev–Trinajstić information content (AvgIpc) is 2.79. The van der Waals surface area contributed by atoms with E-state index in [-0.39, 0.29) is 34.9 Å². The highest BCUT2D eigenvalue weighted by atomic mass is 32.2. The van der Waals surface area contributed by atoms with Gasteiger partial charge in [0, 0.05) is 24.4 Å². The van der Waals surface area contributed by atoms with Gasteiger partial charge < -0.3 is 14.7 Å². The molecular formula is C25H29F3N2O6S. The number of rotatable bonds is 7. The summed E-state index contributed by atoms with van der Waals surface area (Å²) in [6, 6.07) is 3.63. The number of benzene rings is 1. The number of carboxylic acid groups (broad SMARTS) is 1. The van der Waals surface area contributed by atoms with Crippen LogP contribution in [0, 0.1) is 11.8 Å². The van der Waals surface area contributed by atoms with E-state index < -0.39 is 38.3 Å². The van der Waals surface area contributed by atoms with E-state index in [2.05, 4.69) is 11.9 Å². The monoisotopic (exact) mass is 542 g/mol. The molecule has 2 aromatic rings. The number of alkyl halides is 3. The number of halogens is 3. The summed E-state index contributed by atoms with van der Waals surface area (Å²) in [5, 5.41) is 9.87. The molecule has 1 aliphatic rings. The van der Waals surface area contributed by atoms with Gasteiger partial charge in [-0.2, -0.15) is 13.2 Å². The molecule has 1 heterocycles. The second kappa shape index (κ2) is 10.7. The van der Waals surface area contributed by atoms with Gasteiger partial charge >= 0.3 is 12.1 Å². The Hall–Kier alpha value is -3.15. The number of aromatic nitrogens is 1. The number of carboxylic acids is 1. The van der Waals surface area contributed by atoms with Crippen LogP contribution in [0.4, 0.5) is 18.9 Å². The largest absolute Gasteiger partial charge is 0.478 e. The Labute approximate surface area is 213 Å². The normalized spacial score (nSPS) is 18.5. The maximum Gasteiger partial charge on any atom is 0.421 e. The molecule has 1 fully saturated rings. The summed E-state index contributed by atoms with van der Waals surface area (Å²) in [4.78, 5) is 29.8. The van der Waals surface area contributed by atoms with E-state index in [9.17, 15) is 36.3 Å². The Bertz CT molecular complexity index is 1290. The molecule has 1 saturated carbocycles. The van der Waals surface area contributed by atoms with Gasteiger partial charge in [-0.05, 0) is 69.7 Å². The molecule has 0 aliphatic heterocycles. The van der Waals surface area contributed by atoms with Crippen molar-refractivity contribution in [3.05, 3.63) is 41.6 Å². The highest BCUT2D eigenvalue weighted by Crippen LogP contribution is 2.39. The van der Waals surface area contributed by atoms with Crippen molar-refractivity contribution in [1.29, 1.82) is 0 Å². The van der Waals surface area contributed by atoms with Crippen molar-refractivity contribution in [2.24, 2.45) is 11.8 Å². The maximum atomic E-state index is 13.6. The van der Waals surface area contributed by atoms with E-state index in [1.807, 2.05) is 0 Å². The maximum absolute atomic E-state index is 13.6. The number of hydrogen-bond acceptors (Lipinski definition) is 6. The van der Waals surface area contributed by atoms with Crippen molar-refractivity contribution < 1.29 is 41.0 Å². The molecule has 0 radical (unpaired) electrons. The highest BCUT2D eigenvalue weighted by molar-refractivity contribution is 7.90. The molecule has 3 rings (SSSR count). The third-order valence-electron chi connectivity index (χ3n) is 6.35. The number of pyridine rings is 1. The number of hydrogen-bond donors (Lipinski definition) is 1. The topological polar surface area (TPSA) is 114 Å². The molecule has 1 aromatic carbocycles. The van der Waals surface area contributed by atoms with Gasteiger partial charge in [0.1, 0.15) is 11.3 Å². The van der Waals surface area contributed by atoms with Crippen LogP contribution in [0.5, 0.6) is 11.6 Å². The van der Waals surface area contributed by atoms with Gasteiger partial charge in [0.15, 0.2) is 9.84 Å². The van der Waals surface area contributed by atoms with Crippen molar-refractivity contribution in [2.75, 3.05) is 11.2 Å². The van der Waals surface area contributed by atoms with Crippen LogP contribution in [0.15, 0.2) is 35.4 Å². The van der Waals surface area contributed by atoms with Gasteiger partial charge in [-0.1, -0.05) is 6.92 Å². The van der Waals surface area contributed by atoms with Crippen LogP contribution in [-0.2, 0) is 20.8 Å². The molecule has 37 heavy (non-hydrogen) atoms. The second-order valence-corrected chi connectivity index (χ2v) is 11.7. The lowest BCUT2D eigenvalue weighted by molar-refractivity contribution is -0.139. The molecule has 0 atom stereocenters. The fourth-order valence-electron chi connectivity index (χ4n) is 4.35. The lowest BCUT2D eigenvalue weighted by atomic mass is 9.82. The number of ether oxygens (including phenoxy) is 1. The zero-order valence-corrected chi connectivity index (χ0v) is 21.7. The number of aromatic carboxylic acids is 1. The predicted molar refractivity (Wildman–Crippen MR) is 130 cm³/mol. The number of amides is 1. The summed E-state index contributed by atoms with van der Waals surface area (Å²) in [7, 11) is -3.97. The summed E-state index contributed by atoms with van der Waals surface area (Å²) in [6.45, 7) is 5.63. The number of nitrogens with zero attached hydrogens (tertiary/aromatic N) is 2. The van der Waals surface area contributed by atoms with E-state index in [0.29, 0.717) is 24.8 Å². The van der Waals surface area contributed by atoms with Gasteiger partial charge in [0.05, 0.1) is 16.1 Å².